The number of hydrogen-bond acceptors (Lipinski definition) is 4. The second kappa shape index (κ2) is 6.82. The van der Waals surface area contributed by atoms with E-state index in [-0.39, 0.29) is 22.1 Å². The maximum atomic E-state index is 12.9. The van der Waals surface area contributed by atoms with Crippen molar-refractivity contribution < 1.29 is 4.79 Å². The summed E-state index contributed by atoms with van der Waals surface area (Å²) in [7, 11) is 0. The molecule has 0 N–H and O–H groups in total. The van der Waals surface area contributed by atoms with E-state index in [1.165, 1.54) is 0 Å². The molecule has 4 heterocycles. The summed E-state index contributed by atoms with van der Waals surface area (Å²) in [6.07, 6.45) is 2.60. The highest BCUT2D eigenvalue weighted by atomic mass is 35.5. The fourth-order valence-corrected chi connectivity index (χ4v) is 3.75. The van der Waals surface area contributed by atoms with Gasteiger partial charge in [0.2, 0.25) is 0 Å². The van der Waals surface area contributed by atoms with Gasteiger partial charge in [0, 0.05) is 41.8 Å². The van der Waals surface area contributed by atoms with Crippen molar-refractivity contribution in [1.29, 1.82) is 0 Å². The second-order valence-corrected chi connectivity index (χ2v) is 7.18. The molecule has 1 unspecified atom stereocenters. The quantitative estimate of drug-likeness (QED) is 0.617. The Hall–Kier alpha value is -2.24. The third-order valence-corrected chi connectivity index (χ3v) is 5.35. The van der Waals surface area contributed by atoms with Crippen LogP contribution in [-0.4, -0.2) is 38.8 Å². The van der Waals surface area contributed by atoms with Gasteiger partial charge in [0.1, 0.15) is 10.3 Å². The van der Waals surface area contributed by atoms with Crippen LogP contribution in [0.1, 0.15) is 34.0 Å². The molecule has 0 aliphatic carbocycles. The summed E-state index contributed by atoms with van der Waals surface area (Å²) in [4.78, 5) is 27.7. The van der Waals surface area contributed by atoms with Crippen molar-refractivity contribution in [3.05, 3.63) is 63.7 Å². The van der Waals surface area contributed by atoms with Crippen LogP contribution in [0.15, 0.2) is 36.5 Å². The lowest BCUT2D eigenvalue weighted by molar-refractivity contribution is 0.0790. The molecule has 5 nitrogen and oxygen atoms in total. The van der Waals surface area contributed by atoms with Gasteiger partial charge in [0.05, 0.1) is 0 Å². The van der Waals surface area contributed by atoms with Crippen molar-refractivity contribution in [1.82, 2.24) is 19.9 Å². The molecule has 4 rings (SSSR count). The van der Waals surface area contributed by atoms with Gasteiger partial charge in [-0.3, -0.25) is 4.79 Å². The van der Waals surface area contributed by atoms with Gasteiger partial charge >= 0.3 is 0 Å². The third kappa shape index (κ3) is 3.13. The van der Waals surface area contributed by atoms with Crippen molar-refractivity contribution >= 4 is 40.1 Å². The van der Waals surface area contributed by atoms with Gasteiger partial charge < -0.3 is 4.90 Å². The summed E-state index contributed by atoms with van der Waals surface area (Å²) in [5.74, 6) is 0.119. The number of hydrogen-bond donors (Lipinski definition) is 0. The van der Waals surface area contributed by atoms with Gasteiger partial charge in [-0.25, -0.2) is 15.0 Å². The number of amides is 1. The lowest BCUT2D eigenvalue weighted by atomic mass is 10.0. The van der Waals surface area contributed by atoms with E-state index in [9.17, 15) is 4.79 Å². The molecule has 3 aromatic rings. The van der Waals surface area contributed by atoms with Crippen LogP contribution in [0.3, 0.4) is 0 Å². The van der Waals surface area contributed by atoms with E-state index in [1.54, 1.807) is 19.2 Å². The third-order valence-electron chi connectivity index (χ3n) is 4.79. The Labute approximate surface area is 161 Å². The van der Waals surface area contributed by atoms with Crippen LogP contribution >= 0.6 is 23.2 Å². The van der Waals surface area contributed by atoms with Gasteiger partial charge in [-0.1, -0.05) is 23.2 Å². The number of aromatic nitrogens is 3. The number of nitrogens with zero attached hydrogens (tertiary/aromatic N) is 4. The molecule has 0 aromatic carbocycles. The van der Waals surface area contributed by atoms with Gasteiger partial charge in [0.15, 0.2) is 5.65 Å². The molecule has 1 aliphatic heterocycles. The smallest absolute Gasteiger partial charge is 0.254 e. The minimum Gasteiger partial charge on any atom is -0.338 e. The summed E-state index contributed by atoms with van der Waals surface area (Å²) in [5, 5.41) is 1.50. The van der Waals surface area contributed by atoms with Crippen molar-refractivity contribution in [3.63, 3.8) is 0 Å². The van der Waals surface area contributed by atoms with E-state index >= 15 is 0 Å². The fourth-order valence-electron chi connectivity index (χ4n) is 3.32. The van der Waals surface area contributed by atoms with Crippen molar-refractivity contribution in [3.8, 4) is 0 Å². The molecule has 0 bridgehead atoms. The first-order chi connectivity index (χ1) is 12.5. The molecule has 132 valence electrons. The molecule has 0 saturated carbocycles. The van der Waals surface area contributed by atoms with E-state index in [4.69, 9.17) is 23.2 Å². The number of pyridine rings is 3. The number of halogens is 2. The molecular formula is C19H16Cl2N4O. The number of carbonyl (C=O) groups excluding carboxylic acids is 1. The first kappa shape index (κ1) is 17.2. The Balaban J connectivity index is 1.57. The monoisotopic (exact) mass is 386 g/mol. The summed E-state index contributed by atoms with van der Waals surface area (Å²) in [6.45, 7) is 3.06. The first-order valence-corrected chi connectivity index (χ1v) is 9.12. The van der Waals surface area contributed by atoms with Crippen LogP contribution in [-0.2, 0) is 0 Å². The normalized spacial score (nSPS) is 17.0. The van der Waals surface area contributed by atoms with Gasteiger partial charge in [-0.2, -0.15) is 0 Å². The zero-order valence-electron chi connectivity index (χ0n) is 14.1. The van der Waals surface area contributed by atoms with E-state index in [1.807, 2.05) is 29.2 Å². The highest BCUT2D eigenvalue weighted by Gasteiger charge is 2.30. The Morgan fingerprint density at radius 2 is 2.08 bits per heavy atom. The predicted octanol–water partition coefficient (Wildman–Crippen LogP) is 4.27. The predicted molar refractivity (Wildman–Crippen MR) is 102 cm³/mol. The van der Waals surface area contributed by atoms with Crippen molar-refractivity contribution in [2.75, 3.05) is 13.1 Å². The molecule has 1 atom stereocenters. The van der Waals surface area contributed by atoms with Crippen LogP contribution < -0.4 is 0 Å². The Morgan fingerprint density at radius 1 is 1.23 bits per heavy atom. The maximum absolute atomic E-state index is 12.9. The molecule has 7 heteroatoms. The minimum atomic E-state index is -0.0740. The summed E-state index contributed by atoms with van der Waals surface area (Å²) in [6, 6.07) is 9.52. The molecule has 1 amide bonds. The van der Waals surface area contributed by atoms with E-state index in [0.717, 1.165) is 23.1 Å². The van der Waals surface area contributed by atoms with E-state index < -0.39 is 0 Å². The molecular weight excluding hydrogens is 371 g/mol. The SMILES string of the molecule is Cc1c(C(=O)N2CCC(c3ccc4cccnc4n3)C2)cc(Cl)nc1Cl. The number of likely N-dealkylation sites (tertiary alicyclic amines) is 1. The minimum absolute atomic E-state index is 0.0740. The zero-order chi connectivity index (χ0) is 18.3. The molecule has 26 heavy (non-hydrogen) atoms. The van der Waals surface area contributed by atoms with Gasteiger partial charge in [-0.15, -0.1) is 0 Å². The largest absolute Gasteiger partial charge is 0.338 e. The molecule has 1 aliphatic rings. The Morgan fingerprint density at radius 3 is 2.92 bits per heavy atom. The van der Waals surface area contributed by atoms with Crippen LogP contribution in [0, 0.1) is 6.92 Å². The van der Waals surface area contributed by atoms with Crippen molar-refractivity contribution in [2.24, 2.45) is 0 Å². The first-order valence-electron chi connectivity index (χ1n) is 8.36. The van der Waals surface area contributed by atoms with Crippen LogP contribution in [0.5, 0.6) is 0 Å². The van der Waals surface area contributed by atoms with Crippen molar-refractivity contribution in [2.45, 2.75) is 19.3 Å². The topological polar surface area (TPSA) is 59.0 Å². The number of rotatable bonds is 2. The average Bonchev–Trinajstić information content (AvgIpc) is 3.14. The number of fused-ring (bicyclic) bond motifs is 1. The fraction of sp³-hybridized carbons (Fsp3) is 0.263. The van der Waals surface area contributed by atoms with Gasteiger partial charge in [0.25, 0.3) is 5.91 Å². The highest BCUT2D eigenvalue weighted by molar-refractivity contribution is 6.33. The standard InChI is InChI=1S/C19H16Cl2N4O/c1-11-14(9-16(20)24-17(11)21)19(26)25-8-6-13(10-25)15-5-4-12-3-2-7-22-18(12)23-15/h2-5,7,9,13H,6,8,10H2,1H3. The second-order valence-electron chi connectivity index (χ2n) is 6.43. The van der Waals surface area contributed by atoms with Crippen LogP contribution in [0.2, 0.25) is 10.3 Å². The summed E-state index contributed by atoms with van der Waals surface area (Å²) < 4.78 is 0. The summed E-state index contributed by atoms with van der Waals surface area (Å²) >= 11 is 12.0. The van der Waals surface area contributed by atoms with Gasteiger partial charge in [-0.05, 0) is 49.2 Å². The van der Waals surface area contributed by atoms with Crippen LogP contribution in [0.25, 0.3) is 11.0 Å². The Kier molecular flexibility index (Phi) is 4.51. The van der Waals surface area contributed by atoms with E-state index in [2.05, 4.69) is 15.0 Å². The summed E-state index contributed by atoms with van der Waals surface area (Å²) in [5.41, 5.74) is 2.86. The Bertz CT molecular complexity index is 1010. The molecule has 0 radical (unpaired) electrons. The maximum Gasteiger partial charge on any atom is 0.254 e. The highest BCUT2D eigenvalue weighted by Crippen LogP contribution is 2.29. The molecule has 3 aromatic heterocycles. The average molecular weight is 387 g/mol. The molecule has 1 saturated heterocycles. The molecule has 0 spiro atoms. The van der Waals surface area contributed by atoms with Crippen LogP contribution in [0.4, 0.5) is 0 Å². The number of carbonyl (C=O) groups is 1. The lowest BCUT2D eigenvalue weighted by Crippen LogP contribution is -2.29. The lowest BCUT2D eigenvalue weighted by Gasteiger charge is -2.18. The zero-order valence-corrected chi connectivity index (χ0v) is 15.6. The van der Waals surface area contributed by atoms with E-state index in [0.29, 0.717) is 24.2 Å². The molecule has 1 fully saturated rings.